The predicted molar refractivity (Wildman–Crippen MR) is 79.4 cm³/mol. The number of nitro groups is 1. The summed E-state index contributed by atoms with van der Waals surface area (Å²) in [4.78, 5) is 33.5. The lowest BCUT2D eigenvalue weighted by Crippen LogP contribution is -2.37. The maximum Gasteiger partial charge on any atom is 0.353 e. The van der Waals surface area contributed by atoms with Gasteiger partial charge < -0.3 is 15.1 Å². The number of carbonyl (C=O) groups is 1. The molecule has 0 spiro atoms. The highest BCUT2D eigenvalue weighted by Crippen LogP contribution is 2.31. The van der Waals surface area contributed by atoms with Crippen LogP contribution >= 0.6 is 0 Å². The summed E-state index contributed by atoms with van der Waals surface area (Å²) in [7, 11) is 3.27. The quantitative estimate of drug-likeness (QED) is 0.584. The summed E-state index contributed by atoms with van der Waals surface area (Å²) in [5.74, 6) is 0.140. The van der Waals surface area contributed by atoms with Crippen molar-refractivity contribution in [2.24, 2.45) is 0 Å². The van der Waals surface area contributed by atoms with Gasteiger partial charge in [0.1, 0.15) is 6.33 Å². The molecular formula is C12H20N6O3. The van der Waals surface area contributed by atoms with Gasteiger partial charge in [0.2, 0.25) is 17.5 Å². The van der Waals surface area contributed by atoms with E-state index in [9.17, 15) is 14.9 Å². The first-order valence-corrected chi connectivity index (χ1v) is 6.60. The minimum absolute atomic E-state index is 0.0208. The van der Waals surface area contributed by atoms with E-state index in [-0.39, 0.29) is 29.8 Å². The Morgan fingerprint density at radius 1 is 1.38 bits per heavy atom. The van der Waals surface area contributed by atoms with E-state index in [1.807, 2.05) is 13.8 Å². The van der Waals surface area contributed by atoms with Gasteiger partial charge in [-0.2, -0.15) is 0 Å². The monoisotopic (exact) mass is 296 g/mol. The number of amides is 1. The van der Waals surface area contributed by atoms with E-state index in [1.165, 1.54) is 11.2 Å². The zero-order valence-electron chi connectivity index (χ0n) is 12.7. The third-order valence-electron chi connectivity index (χ3n) is 2.84. The van der Waals surface area contributed by atoms with Gasteiger partial charge in [-0.15, -0.1) is 0 Å². The van der Waals surface area contributed by atoms with E-state index in [2.05, 4.69) is 15.3 Å². The molecule has 21 heavy (non-hydrogen) atoms. The summed E-state index contributed by atoms with van der Waals surface area (Å²) in [5, 5.41) is 14.2. The van der Waals surface area contributed by atoms with Crippen LogP contribution in [0.4, 0.5) is 17.3 Å². The van der Waals surface area contributed by atoms with Crippen LogP contribution in [0.15, 0.2) is 6.33 Å². The molecule has 0 saturated carbocycles. The van der Waals surface area contributed by atoms with Crippen molar-refractivity contribution in [1.82, 2.24) is 14.9 Å². The van der Waals surface area contributed by atoms with Crippen molar-refractivity contribution in [3.8, 4) is 0 Å². The van der Waals surface area contributed by atoms with E-state index in [0.717, 1.165) is 0 Å². The molecule has 0 aromatic carbocycles. The lowest BCUT2D eigenvalue weighted by atomic mass is 10.3. The molecule has 1 N–H and O–H groups in total. The normalized spacial score (nSPS) is 10.1. The molecule has 0 aliphatic carbocycles. The molecule has 0 aliphatic rings. The summed E-state index contributed by atoms with van der Waals surface area (Å²) >= 11 is 0. The molecule has 0 saturated heterocycles. The fraction of sp³-hybridized carbons (Fsp3) is 0.583. The van der Waals surface area contributed by atoms with E-state index < -0.39 is 4.92 Å². The van der Waals surface area contributed by atoms with E-state index in [0.29, 0.717) is 13.1 Å². The van der Waals surface area contributed by atoms with Crippen molar-refractivity contribution in [1.29, 1.82) is 0 Å². The molecule has 1 heterocycles. The summed E-state index contributed by atoms with van der Waals surface area (Å²) in [6.45, 7) is 4.57. The van der Waals surface area contributed by atoms with Crippen molar-refractivity contribution >= 4 is 23.2 Å². The van der Waals surface area contributed by atoms with Gasteiger partial charge in [-0.25, -0.2) is 9.97 Å². The number of carbonyl (C=O) groups excluding carboxylic acids is 1. The largest absolute Gasteiger partial charge is 0.364 e. The van der Waals surface area contributed by atoms with Crippen LogP contribution in [0.2, 0.25) is 0 Å². The number of rotatable bonds is 7. The minimum Gasteiger partial charge on any atom is -0.364 e. The molecule has 0 unspecified atom stereocenters. The Hall–Kier alpha value is -2.45. The van der Waals surface area contributed by atoms with Crippen LogP contribution in [0.1, 0.15) is 13.8 Å². The van der Waals surface area contributed by atoms with Crippen molar-refractivity contribution in [2.75, 3.05) is 43.9 Å². The second kappa shape index (κ2) is 7.36. The first-order chi connectivity index (χ1) is 9.92. The lowest BCUT2D eigenvalue weighted by molar-refractivity contribution is -0.383. The van der Waals surface area contributed by atoms with Gasteiger partial charge >= 0.3 is 5.69 Å². The molecule has 1 rings (SSSR count). The first-order valence-electron chi connectivity index (χ1n) is 6.60. The Morgan fingerprint density at radius 3 is 2.52 bits per heavy atom. The average molecular weight is 296 g/mol. The van der Waals surface area contributed by atoms with Gasteiger partial charge in [-0.3, -0.25) is 14.9 Å². The molecule has 0 bridgehead atoms. The van der Waals surface area contributed by atoms with Crippen LogP contribution in [-0.2, 0) is 4.79 Å². The van der Waals surface area contributed by atoms with E-state index >= 15 is 0 Å². The van der Waals surface area contributed by atoms with Crippen molar-refractivity contribution < 1.29 is 9.72 Å². The Labute approximate surface area is 123 Å². The highest BCUT2D eigenvalue weighted by atomic mass is 16.6. The average Bonchev–Trinajstić information content (AvgIpc) is 2.44. The van der Waals surface area contributed by atoms with Crippen LogP contribution < -0.4 is 10.2 Å². The molecule has 1 amide bonds. The number of nitrogens with zero attached hydrogens (tertiary/aromatic N) is 5. The number of anilines is 2. The molecular weight excluding hydrogens is 276 g/mol. The number of hydrogen-bond donors (Lipinski definition) is 1. The van der Waals surface area contributed by atoms with Crippen LogP contribution in [0.25, 0.3) is 0 Å². The van der Waals surface area contributed by atoms with Gasteiger partial charge in [0, 0.05) is 27.2 Å². The highest BCUT2D eigenvalue weighted by molar-refractivity contribution is 5.82. The maximum atomic E-state index is 11.8. The van der Waals surface area contributed by atoms with Crippen LogP contribution in [0.3, 0.4) is 0 Å². The third-order valence-corrected chi connectivity index (χ3v) is 2.84. The summed E-state index contributed by atoms with van der Waals surface area (Å²) in [6.07, 6.45) is 1.25. The zero-order valence-corrected chi connectivity index (χ0v) is 12.7. The molecule has 1 aromatic rings. The fourth-order valence-electron chi connectivity index (χ4n) is 1.71. The lowest BCUT2D eigenvalue weighted by Gasteiger charge is -2.23. The van der Waals surface area contributed by atoms with Crippen LogP contribution in [0.5, 0.6) is 0 Å². The molecule has 0 fully saturated rings. The van der Waals surface area contributed by atoms with Crippen LogP contribution in [0, 0.1) is 10.1 Å². The fourth-order valence-corrected chi connectivity index (χ4v) is 1.71. The third kappa shape index (κ3) is 4.01. The minimum atomic E-state index is -0.532. The van der Waals surface area contributed by atoms with Gasteiger partial charge in [0.25, 0.3) is 0 Å². The van der Waals surface area contributed by atoms with Gasteiger partial charge in [-0.1, -0.05) is 0 Å². The molecule has 9 nitrogen and oxygen atoms in total. The number of hydrogen-bond acceptors (Lipinski definition) is 7. The Kier molecular flexibility index (Phi) is 5.82. The standard InChI is InChI=1S/C12H20N6O3/c1-5-13-11-10(18(20)21)12(15-8-14-11)17(6-2)7-9(19)16(3)4/h8H,5-7H2,1-4H3,(H,13,14,15). The Balaban J connectivity index is 3.22. The van der Waals surface area contributed by atoms with Gasteiger partial charge in [0.15, 0.2) is 0 Å². The highest BCUT2D eigenvalue weighted by Gasteiger charge is 2.27. The Bertz CT molecular complexity index is 520. The zero-order chi connectivity index (χ0) is 16.0. The number of nitrogens with one attached hydrogen (secondary N) is 1. The Morgan fingerprint density at radius 2 is 2.05 bits per heavy atom. The van der Waals surface area contributed by atoms with Crippen molar-refractivity contribution in [3.05, 3.63) is 16.4 Å². The van der Waals surface area contributed by atoms with E-state index in [4.69, 9.17) is 0 Å². The van der Waals surface area contributed by atoms with Crippen LogP contribution in [-0.4, -0.2) is 59.4 Å². The first kappa shape index (κ1) is 16.6. The SMILES string of the molecule is CCNc1ncnc(N(CC)CC(=O)N(C)C)c1[N+](=O)[O-]. The van der Waals surface area contributed by atoms with E-state index in [1.54, 1.807) is 19.0 Å². The molecule has 0 atom stereocenters. The van der Waals surface area contributed by atoms with Gasteiger partial charge in [-0.05, 0) is 13.8 Å². The second-order valence-corrected chi connectivity index (χ2v) is 4.48. The second-order valence-electron chi connectivity index (χ2n) is 4.48. The topological polar surface area (TPSA) is 104 Å². The predicted octanol–water partition coefficient (Wildman–Crippen LogP) is 0.731. The number of likely N-dealkylation sites (N-methyl/N-ethyl adjacent to an activating group) is 2. The summed E-state index contributed by atoms with van der Waals surface area (Å²) in [6, 6.07) is 0. The van der Waals surface area contributed by atoms with Crippen molar-refractivity contribution in [3.63, 3.8) is 0 Å². The molecule has 0 radical (unpaired) electrons. The summed E-state index contributed by atoms with van der Waals surface area (Å²) < 4.78 is 0. The maximum absolute atomic E-state index is 11.8. The summed E-state index contributed by atoms with van der Waals surface area (Å²) in [5.41, 5.74) is -0.215. The molecule has 0 aliphatic heterocycles. The molecule has 1 aromatic heterocycles. The number of aromatic nitrogens is 2. The molecule has 9 heteroatoms. The van der Waals surface area contributed by atoms with Gasteiger partial charge in [0.05, 0.1) is 11.5 Å². The van der Waals surface area contributed by atoms with Crippen molar-refractivity contribution in [2.45, 2.75) is 13.8 Å². The smallest absolute Gasteiger partial charge is 0.353 e. The molecule has 116 valence electrons.